The normalized spacial score (nSPS) is 10.8. The Labute approximate surface area is 154 Å². The summed E-state index contributed by atoms with van der Waals surface area (Å²) in [5, 5.41) is 1.10. The Kier molecular flexibility index (Phi) is 5.01. The van der Waals surface area contributed by atoms with Gasteiger partial charge in [-0.3, -0.25) is 14.6 Å². The summed E-state index contributed by atoms with van der Waals surface area (Å²) >= 11 is 11.0. The van der Waals surface area contributed by atoms with Gasteiger partial charge >= 0.3 is 0 Å². The molecule has 2 aromatic carbocycles. The molecule has 2 N–H and O–H groups in total. The third kappa shape index (κ3) is 3.81. The van der Waals surface area contributed by atoms with Crippen molar-refractivity contribution in [3.63, 3.8) is 0 Å². The van der Waals surface area contributed by atoms with Crippen LogP contribution in [0.25, 0.3) is 10.9 Å². The summed E-state index contributed by atoms with van der Waals surface area (Å²) in [6.07, 6.45) is 0. The van der Waals surface area contributed by atoms with Crippen molar-refractivity contribution >= 4 is 40.6 Å². The minimum absolute atomic E-state index is 0.121. The molecule has 0 aliphatic carbocycles. The van der Waals surface area contributed by atoms with Gasteiger partial charge in [-0.1, -0.05) is 23.7 Å². The second-order valence-electron chi connectivity index (χ2n) is 5.62. The molecule has 0 aliphatic rings. The highest BCUT2D eigenvalue weighted by Gasteiger charge is 2.16. The Bertz CT molecular complexity index is 1060. The molecule has 3 aromatic rings. The third-order valence-corrected chi connectivity index (χ3v) is 4.36. The summed E-state index contributed by atoms with van der Waals surface area (Å²) in [5.41, 5.74) is 1.72. The standard InChI is InChI=1S/C18H16ClN3O2S/c1-2-22(10-11-4-3-5-13(19)8-11)17(24)12-6-7-14-15(9-12)20-18(25)21-16(14)23/h3-9H,2,10H2,1H3,(H2,20,21,23,25). The minimum atomic E-state index is -0.274. The molecule has 7 heteroatoms. The number of aromatic amines is 2. The number of hydrogen-bond acceptors (Lipinski definition) is 3. The zero-order valence-corrected chi connectivity index (χ0v) is 15.1. The van der Waals surface area contributed by atoms with Crippen molar-refractivity contribution in [2.75, 3.05) is 6.54 Å². The van der Waals surface area contributed by atoms with Gasteiger partial charge in [-0.25, -0.2) is 0 Å². The minimum Gasteiger partial charge on any atom is -0.335 e. The first-order chi connectivity index (χ1) is 12.0. The van der Waals surface area contributed by atoms with Crippen LogP contribution < -0.4 is 5.56 Å². The molecule has 5 nitrogen and oxygen atoms in total. The van der Waals surface area contributed by atoms with Gasteiger partial charge in [-0.2, -0.15) is 0 Å². The second kappa shape index (κ2) is 7.21. The predicted molar refractivity (Wildman–Crippen MR) is 102 cm³/mol. The molecule has 0 unspecified atom stereocenters. The summed E-state index contributed by atoms with van der Waals surface area (Å²) in [6.45, 7) is 2.93. The van der Waals surface area contributed by atoms with Crippen molar-refractivity contribution in [3.05, 3.63) is 73.7 Å². The van der Waals surface area contributed by atoms with Crippen LogP contribution in [0.2, 0.25) is 5.02 Å². The van der Waals surface area contributed by atoms with Gasteiger partial charge in [0.2, 0.25) is 0 Å². The van der Waals surface area contributed by atoms with Crippen molar-refractivity contribution in [1.82, 2.24) is 14.9 Å². The molecule has 1 amide bonds. The summed E-state index contributed by atoms with van der Waals surface area (Å²) in [4.78, 5) is 31.9. The van der Waals surface area contributed by atoms with Gasteiger partial charge in [0.05, 0.1) is 10.9 Å². The van der Waals surface area contributed by atoms with Crippen LogP contribution in [0.4, 0.5) is 0 Å². The lowest BCUT2D eigenvalue weighted by molar-refractivity contribution is 0.0752. The molecule has 3 rings (SSSR count). The number of halogens is 1. The van der Waals surface area contributed by atoms with Gasteiger partial charge in [0, 0.05) is 23.7 Å². The number of rotatable bonds is 4. The van der Waals surface area contributed by atoms with Crippen LogP contribution in [-0.2, 0) is 6.54 Å². The lowest BCUT2D eigenvalue weighted by atomic mass is 10.1. The summed E-state index contributed by atoms with van der Waals surface area (Å²) in [5.74, 6) is -0.121. The van der Waals surface area contributed by atoms with E-state index in [1.54, 1.807) is 29.2 Å². The summed E-state index contributed by atoms with van der Waals surface area (Å²) < 4.78 is 0.230. The number of nitrogens with zero attached hydrogens (tertiary/aromatic N) is 1. The van der Waals surface area contributed by atoms with Gasteiger partial charge in [0.15, 0.2) is 4.77 Å². The lowest BCUT2D eigenvalue weighted by Gasteiger charge is -2.21. The van der Waals surface area contributed by atoms with Gasteiger partial charge in [-0.05, 0) is 55.0 Å². The molecule has 0 saturated heterocycles. The average Bonchev–Trinajstić information content (AvgIpc) is 2.58. The quantitative estimate of drug-likeness (QED) is 0.681. The van der Waals surface area contributed by atoms with Crippen LogP contribution in [-0.4, -0.2) is 27.3 Å². The molecular weight excluding hydrogens is 358 g/mol. The monoisotopic (exact) mass is 373 g/mol. The number of aromatic nitrogens is 2. The lowest BCUT2D eigenvalue weighted by Crippen LogP contribution is -2.30. The van der Waals surface area contributed by atoms with Gasteiger partial charge in [0.25, 0.3) is 11.5 Å². The summed E-state index contributed by atoms with van der Waals surface area (Å²) in [7, 11) is 0. The van der Waals surface area contributed by atoms with Gasteiger partial charge < -0.3 is 9.88 Å². The Hall–Kier alpha value is -2.44. The van der Waals surface area contributed by atoms with Crippen LogP contribution in [0.5, 0.6) is 0 Å². The zero-order valence-electron chi connectivity index (χ0n) is 13.5. The topological polar surface area (TPSA) is 69.0 Å². The molecule has 1 aromatic heterocycles. The predicted octanol–water partition coefficient (Wildman–Crippen LogP) is 3.90. The molecule has 0 aliphatic heterocycles. The number of carbonyl (C=O) groups is 1. The Balaban J connectivity index is 1.94. The van der Waals surface area contributed by atoms with Gasteiger partial charge in [-0.15, -0.1) is 0 Å². The molecule has 0 bridgehead atoms. The third-order valence-electron chi connectivity index (χ3n) is 3.92. The highest BCUT2D eigenvalue weighted by Crippen LogP contribution is 2.16. The maximum atomic E-state index is 12.8. The van der Waals surface area contributed by atoms with E-state index in [1.165, 1.54) is 0 Å². The fourth-order valence-corrected chi connectivity index (χ4v) is 3.08. The largest absolute Gasteiger partial charge is 0.335 e. The second-order valence-corrected chi connectivity index (χ2v) is 6.46. The Morgan fingerprint density at radius 2 is 2.00 bits per heavy atom. The first-order valence-electron chi connectivity index (χ1n) is 7.78. The maximum absolute atomic E-state index is 12.8. The number of fused-ring (bicyclic) bond motifs is 1. The van der Waals surface area contributed by atoms with E-state index in [4.69, 9.17) is 23.8 Å². The van der Waals surface area contributed by atoms with Crippen molar-refractivity contribution < 1.29 is 4.79 Å². The molecule has 0 fully saturated rings. The number of nitrogens with one attached hydrogen (secondary N) is 2. The van der Waals surface area contributed by atoms with E-state index in [-0.39, 0.29) is 16.2 Å². The Morgan fingerprint density at radius 3 is 2.72 bits per heavy atom. The van der Waals surface area contributed by atoms with E-state index in [9.17, 15) is 9.59 Å². The average molecular weight is 374 g/mol. The first-order valence-corrected chi connectivity index (χ1v) is 8.56. The number of benzene rings is 2. The maximum Gasteiger partial charge on any atom is 0.259 e. The highest BCUT2D eigenvalue weighted by atomic mass is 35.5. The van der Waals surface area contributed by atoms with E-state index in [0.717, 1.165) is 5.56 Å². The van der Waals surface area contributed by atoms with Crippen LogP contribution in [0.1, 0.15) is 22.8 Å². The molecule has 0 saturated carbocycles. The molecular formula is C18H16ClN3O2S. The Morgan fingerprint density at radius 1 is 1.20 bits per heavy atom. The molecule has 1 heterocycles. The molecule has 128 valence electrons. The van der Waals surface area contributed by atoms with Crippen molar-refractivity contribution in [2.24, 2.45) is 0 Å². The van der Waals surface area contributed by atoms with Crippen LogP contribution in [0.3, 0.4) is 0 Å². The van der Waals surface area contributed by atoms with E-state index >= 15 is 0 Å². The van der Waals surface area contributed by atoms with Crippen molar-refractivity contribution in [3.8, 4) is 0 Å². The summed E-state index contributed by atoms with van der Waals surface area (Å²) in [6, 6.07) is 12.4. The first kappa shape index (κ1) is 17.4. The molecule has 25 heavy (non-hydrogen) atoms. The van der Waals surface area contributed by atoms with Crippen LogP contribution in [0, 0.1) is 4.77 Å². The number of amides is 1. The molecule has 0 spiro atoms. The van der Waals surface area contributed by atoms with E-state index in [2.05, 4.69) is 9.97 Å². The SMILES string of the molecule is CCN(Cc1cccc(Cl)c1)C(=O)c1ccc2c(=O)[nH]c(=S)[nH]c2c1. The van der Waals surface area contributed by atoms with E-state index in [0.29, 0.717) is 34.6 Å². The van der Waals surface area contributed by atoms with Crippen LogP contribution >= 0.6 is 23.8 Å². The van der Waals surface area contributed by atoms with Crippen molar-refractivity contribution in [2.45, 2.75) is 13.5 Å². The number of carbonyl (C=O) groups excluding carboxylic acids is 1. The number of hydrogen-bond donors (Lipinski definition) is 2. The highest BCUT2D eigenvalue weighted by molar-refractivity contribution is 7.71. The fraction of sp³-hybridized carbons (Fsp3) is 0.167. The van der Waals surface area contributed by atoms with E-state index < -0.39 is 0 Å². The zero-order chi connectivity index (χ0) is 18.0. The van der Waals surface area contributed by atoms with Crippen molar-refractivity contribution in [1.29, 1.82) is 0 Å². The van der Waals surface area contributed by atoms with Crippen LogP contribution in [0.15, 0.2) is 47.3 Å². The van der Waals surface area contributed by atoms with E-state index in [1.807, 2.05) is 25.1 Å². The fourth-order valence-electron chi connectivity index (χ4n) is 2.67. The smallest absolute Gasteiger partial charge is 0.259 e. The number of H-pyrrole nitrogens is 2. The molecule has 0 atom stereocenters. The van der Waals surface area contributed by atoms with Gasteiger partial charge in [0.1, 0.15) is 0 Å². The molecule has 0 radical (unpaired) electrons.